The van der Waals surface area contributed by atoms with Crippen LogP contribution in [0, 0.1) is 5.92 Å². The molecule has 1 unspecified atom stereocenters. The minimum absolute atomic E-state index is 0.0493. The highest BCUT2D eigenvalue weighted by Gasteiger charge is 2.34. The second kappa shape index (κ2) is 9.67. The van der Waals surface area contributed by atoms with E-state index >= 15 is 0 Å². The molecule has 4 aliphatic rings. The summed E-state index contributed by atoms with van der Waals surface area (Å²) in [6.45, 7) is 3.43. The zero-order chi connectivity index (χ0) is 21.9. The Morgan fingerprint density at radius 3 is 2.22 bits per heavy atom. The fraction of sp³-hybridized carbons (Fsp3) is 0.609. The second-order valence-corrected chi connectivity index (χ2v) is 9.73. The van der Waals surface area contributed by atoms with E-state index in [1.165, 1.54) is 51.6 Å². The van der Waals surface area contributed by atoms with Gasteiger partial charge in [0.15, 0.2) is 0 Å². The first kappa shape index (κ1) is 21.5. The van der Waals surface area contributed by atoms with Gasteiger partial charge in [0.05, 0.1) is 5.02 Å². The average Bonchev–Trinajstić information content (AvgIpc) is 3.06. The minimum atomic E-state index is 0.0493. The van der Waals surface area contributed by atoms with Crippen molar-refractivity contribution in [1.29, 1.82) is 0 Å². The number of phenolic OH excluding ortho intramolecular Hbond substituents is 1. The molecule has 3 saturated heterocycles. The van der Waals surface area contributed by atoms with Crippen LogP contribution in [0.1, 0.15) is 51.4 Å². The van der Waals surface area contributed by atoms with Crippen molar-refractivity contribution in [3.05, 3.63) is 23.2 Å². The molecule has 8 nitrogen and oxygen atoms in total. The summed E-state index contributed by atoms with van der Waals surface area (Å²) < 4.78 is 0. The molecule has 4 N–H and O–H groups in total. The van der Waals surface area contributed by atoms with Crippen LogP contribution in [-0.2, 0) is 0 Å². The monoisotopic (exact) mass is 457 g/mol. The summed E-state index contributed by atoms with van der Waals surface area (Å²) in [4.78, 5) is 16.6. The van der Waals surface area contributed by atoms with Crippen LogP contribution in [-0.4, -0.2) is 56.7 Å². The number of aromatic nitrogens is 3. The fourth-order valence-corrected chi connectivity index (χ4v) is 5.36. The third-order valence-corrected chi connectivity index (χ3v) is 7.30. The molecule has 4 fully saturated rings. The highest BCUT2D eigenvalue weighted by Crippen LogP contribution is 2.31. The van der Waals surface area contributed by atoms with Crippen molar-refractivity contribution in [1.82, 2.24) is 19.9 Å². The van der Waals surface area contributed by atoms with Crippen LogP contribution in [0.25, 0.3) is 0 Å². The molecule has 2 aromatic rings. The first-order valence-electron chi connectivity index (χ1n) is 11.9. The van der Waals surface area contributed by atoms with E-state index < -0.39 is 0 Å². The Bertz CT molecular complexity index is 927. The van der Waals surface area contributed by atoms with Gasteiger partial charge in [-0.3, -0.25) is 0 Å². The molecule has 0 amide bonds. The van der Waals surface area contributed by atoms with Gasteiger partial charge in [-0.1, -0.05) is 37.3 Å². The van der Waals surface area contributed by atoms with Gasteiger partial charge in [0.2, 0.25) is 17.8 Å². The summed E-state index contributed by atoms with van der Waals surface area (Å²) in [6.07, 6.45) is 9.83. The van der Waals surface area contributed by atoms with Crippen molar-refractivity contribution in [2.45, 2.75) is 63.5 Å². The molecule has 0 spiro atoms. The molecule has 1 saturated carbocycles. The summed E-state index contributed by atoms with van der Waals surface area (Å²) in [7, 11) is 0. The van der Waals surface area contributed by atoms with Crippen molar-refractivity contribution in [3.63, 3.8) is 0 Å². The maximum Gasteiger partial charge on any atom is 0.233 e. The lowest BCUT2D eigenvalue weighted by atomic mass is 9.84. The third-order valence-electron chi connectivity index (χ3n) is 7.00. The molecule has 32 heavy (non-hydrogen) atoms. The molecule has 4 heterocycles. The SMILES string of the molecule is Oc1ccc(Nc2nc(NC3CCCCCC3)nc(NC3CN4CCC3CC4)n2)cc1Cl. The van der Waals surface area contributed by atoms with E-state index in [0.29, 0.717) is 41.5 Å². The number of piperidine rings is 3. The van der Waals surface area contributed by atoms with E-state index in [1.54, 1.807) is 18.2 Å². The number of benzene rings is 1. The van der Waals surface area contributed by atoms with E-state index in [1.807, 2.05) is 0 Å². The van der Waals surface area contributed by atoms with Gasteiger partial charge in [-0.25, -0.2) is 0 Å². The molecule has 172 valence electrons. The maximum atomic E-state index is 9.71. The minimum Gasteiger partial charge on any atom is -0.506 e. The largest absolute Gasteiger partial charge is 0.506 e. The van der Waals surface area contributed by atoms with Crippen molar-refractivity contribution in [2.24, 2.45) is 5.92 Å². The Balaban J connectivity index is 1.37. The number of nitrogens with zero attached hydrogens (tertiary/aromatic N) is 4. The standard InChI is InChI=1S/C23H32ClN7O/c24-18-13-17(7-8-20(18)32)26-22-28-21(25-16-5-3-1-2-4-6-16)29-23(30-22)27-19-14-31-11-9-15(19)10-12-31/h7-8,13,15-16,19,32H,1-6,9-12,14H2,(H3,25,26,27,28,29,30). The van der Waals surface area contributed by atoms with E-state index in [2.05, 4.69) is 30.8 Å². The predicted octanol–water partition coefficient (Wildman–Crippen LogP) is 4.62. The molecule has 1 atom stereocenters. The first-order valence-corrected chi connectivity index (χ1v) is 12.3. The quantitative estimate of drug-likeness (QED) is 0.368. The summed E-state index contributed by atoms with van der Waals surface area (Å²) in [5.41, 5.74) is 0.716. The summed E-state index contributed by atoms with van der Waals surface area (Å²) >= 11 is 6.08. The molecule has 2 bridgehead atoms. The maximum absolute atomic E-state index is 9.71. The normalized spacial score (nSPS) is 25.8. The molecule has 1 aliphatic carbocycles. The van der Waals surface area contributed by atoms with Gasteiger partial charge in [0.25, 0.3) is 0 Å². The van der Waals surface area contributed by atoms with Gasteiger partial charge >= 0.3 is 0 Å². The lowest BCUT2D eigenvalue weighted by Gasteiger charge is -2.44. The van der Waals surface area contributed by atoms with Gasteiger partial charge in [-0.15, -0.1) is 0 Å². The smallest absolute Gasteiger partial charge is 0.233 e. The van der Waals surface area contributed by atoms with Crippen molar-refractivity contribution in [3.8, 4) is 5.75 Å². The van der Waals surface area contributed by atoms with Gasteiger partial charge in [-0.05, 0) is 62.9 Å². The van der Waals surface area contributed by atoms with Crippen LogP contribution < -0.4 is 16.0 Å². The summed E-state index contributed by atoms with van der Waals surface area (Å²) in [5.74, 6) is 2.38. The third kappa shape index (κ3) is 5.18. The summed E-state index contributed by atoms with van der Waals surface area (Å²) in [6, 6.07) is 5.73. The number of halogens is 1. The van der Waals surface area contributed by atoms with Gasteiger partial charge in [-0.2, -0.15) is 15.0 Å². The van der Waals surface area contributed by atoms with Crippen LogP contribution in [0.5, 0.6) is 5.75 Å². The topological polar surface area (TPSA) is 98.2 Å². The molecular weight excluding hydrogens is 426 g/mol. The molecule has 0 radical (unpaired) electrons. The number of anilines is 4. The van der Waals surface area contributed by atoms with Crippen LogP contribution in [0.2, 0.25) is 5.02 Å². The molecule has 1 aromatic heterocycles. The van der Waals surface area contributed by atoms with E-state index in [0.717, 1.165) is 19.4 Å². The fourth-order valence-electron chi connectivity index (χ4n) is 5.18. The van der Waals surface area contributed by atoms with E-state index in [-0.39, 0.29) is 10.8 Å². The lowest BCUT2D eigenvalue weighted by Crippen LogP contribution is -2.53. The number of nitrogens with one attached hydrogen (secondary N) is 3. The molecule has 9 heteroatoms. The zero-order valence-electron chi connectivity index (χ0n) is 18.4. The number of fused-ring (bicyclic) bond motifs is 3. The van der Waals surface area contributed by atoms with E-state index in [9.17, 15) is 5.11 Å². The Morgan fingerprint density at radius 2 is 1.56 bits per heavy atom. The Labute approximate surface area is 194 Å². The Morgan fingerprint density at radius 1 is 0.875 bits per heavy atom. The van der Waals surface area contributed by atoms with Crippen LogP contribution in [0.3, 0.4) is 0 Å². The average molecular weight is 458 g/mol. The van der Waals surface area contributed by atoms with Gasteiger partial charge in [0.1, 0.15) is 5.75 Å². The Hall–Kier alpha value is -2.32. The van der Waals surface area contributed by atoms with Crippen molar-refractivity contribution >= 4 is 35.1 Å². The number of hydrogen-bond acceptors (Lipinski definition) is 8. The van der Waals surface area contributed by atoms with Crippen LogP contribution in [0.15, 0.2) is 18.2 Å². The number of aromatic hydroxyl groups is 1. The molecule has 1 aromatic carbocycles. The highest BCUT2D eigenvalue weighted by atomic mass is 35.5. The second-order valence-electron chi connectivity index (χ2n) is 9.32. The zero-order valence-corrected chi connectivity index (χ0v) is 19.1. The Kier molecular flexibility index (Phi) is 6.50. The molecule has 3 aliphatic heterocycles. The molecular formula is C23H32ClN7O. The lowest BCUT2D eigenvalue weighted by molar-refractivity contribution is 0.0972. The molecule has 6 rings (SSSR count). The first-order chi connectivity index (χ1) is 15.6. The van der Waals surface area contributed by atoms with Crippen molar-refractivity contribution in [2.75, 3.05) is 35.6 Å². The van der Waals surface area contributed by atoms with Crippen LogP contribution in [0.4, 0.5) is 23.5 Å². The predicted molar refractivity (Wildman–Crippen MR) is 128 cm³/mol. The highest BCUT2D eigenvalue weighted by molar-refractivity contribution is 6.32. The number of phenols is 1. The van der Waals surface area contributed by atoms with Crippen molar-refractivity contribution < 1.29 is 5.11 Å². The van der Waals surface area contributed by atoms with Crippen LogP contribution >= 0.6 is 11.6 Å². The number of hydrogen-bond donors (Lipinski definition) is 4. The van der Waals surface area contributed by atoms with Gasteiger partial charge < -0.3 is 26.0 Å². The summed E-state index contributed by atoms with van der Waals surface area (Å²) in [5, 5.41) is 20.4. The van der Waals surface area contributed by atoms with E-state index in [4.69, 9.17) is 16.6 Å². The number of rotatable bonds is 6. The van der Waals surface area contributed by atoms with Gasteiger partial charge in [0, 0.05) is 24.3 Å².